The normalized spacial score (nSPS) is 11.5. The van der Waals surface area contributed by atoms with Gasteiger partial charge in [0.25, 0.3) is 0 Å². The Morgan fingerprint density at radius 3 is 2.00 bits per heavy atom. The average Bonchev–Trinajstić information content (AvgIpc) is 2.84. The number of aromatic nitrogens is 4. The van der Waals surface area contributed by atoms with Gasteiger partial charge in [-0.2, -0.15) is 46.7 Å². The summed E-state index contributed by atoms with van der Waals surface area (Å²) in [5.41, 5.74) is 0.595. The van der Waals surface area contributed by atoms with Crippen molar-refractivity contribution >= 4 is 0 Å². The summed E-state index contributed by atoms with van der Waals surface area (Å²) >= 11 is 0. The molecule has 0 radical (unpaired) electrons. The molecule has 4 aromatic rings. The van der Waals surface area contributed by atoms with Crippen LogP contribution in [0, 0.1) is 0 Å². The van der Waals surface area contributed by atoms with Gasteiger partial charge in [0.15, 0.2) is 0 Å². The topological polar surface area (TPSA) is 71.8 Å². The first-order valence-electron chi connectivity index (χ1n) is 9.63. The fourth-order valence-corrected chi connectivity index (χ4v) is 2.92. The van der Waals surface area contributed by atoms with Gasteiger partial charge in [-0.15, -0.1) is 0 Å². The van der Waals surface area contributed by atoms with Crippen molar-refractivity contribution in [3.05, 3.63) is 95.9 Å². The van der Waals surface area contributed by atoms with Crippen LogP contribution in [0.3, 0.4) is 0 Å². The number of halogens is 6. The first kappa shape index (κ1) is 24.8. The van der Waals surface area contributed by atoms with Crippen LogP contribution < -0.4 is 0 Å². The van der Waals surface area contributed by atoms with Gasteiger partial charge >= 0.3 is 12.4 Å². The zero-order chi connectivity index (χ0) is 24.8. The minimum Gasteiger partial charge on any atom is -0.392 e. The van der Waals surface area contributed by atoms with E-state index in [1.807, 2.05) is 0 Å². The van der Waals surface area contributed by atoms with Crippen LogP contribution in [0.25, 0.3) is 22.4 Å². The van der Waals surface area contributed by atoms with Gasteiger partial charge < -0.3 is 5.11 Å². The average molecular weight is 478 g/mol. The molecule has 0 unspecified atom stereocenters. The van der Waals surface area contributed by atoms with E-state index < -0.39 is 23.5 Å². The molecule has 0 aliphatic rings. The first-order chi connectivity index (χ1) is 16.1. The van der Waals surface area contributed by atoms with E-state index in [9.17, 15) is 26.3 Å². The molecule has 11 heteroatoms. The summed E-state index contributed by atoms with van der Waals surface area (Å²) in [5.74, 6) is 0. The van der Waals surface area contributed by atoms with Gasteiger partial charge in [0.05, 0.1) is 35.8 Å². The quantitative estimate of drug-likeness (QED) is 0.376. The predicted molar refractivity (Wildman–Crippen MR) is 111 cm³/mol. The molecular weight excluding hydrogens is 462 g/mol. The number of aliphatic hydroxyl groups is 1. The van der Waals surface area contributed by atoms with Gasteiger partial charge in [0.2, 0.25) is 0 Å². The van der Waals surface area contributed by atoms with Crippen molar-refractivity contribution in [2.24, 2.45) is 0 Å². The molecule has 2 heterocycles. The second-order valence-corrected chi connectivity index (χ2v) is 6.85. The highest BCUT2D eigenvalue weighted by molar-refractivity contribution is 5.67. The van der Waals surface area contributed by atoms with Gasteiger partial charge in [-0.25, -0.2) is 0 Å². The van der Waals surface area contributed by atoms with Crippen molar-refractivity contribution in [3.8, 4) is 22.4 Å². The molecule has 0 atom stereocenters. The van der Waals surface area contributed by atoms with Crippen LogP contribution in [0.4, 0.5) is 26.3 Å². The van der Waals surface area contributed by atoms with Gasteiger partial charge in [-0.1, -0.05) is 18.2 Å². The maximum absolute atomic E-state index is 12.6. The van der Waals surface area contributed by atoms with E-state index in [1.54, 1.807) is 24.3 Å². The lowest BCUT2D eigenvalue weighted by Crippen LogP contribution is -2.06. The fourth-order valence-electron chi connectivity index (χ4n) is 2.92. The number of rotatable bonds is 3. The minimum absolute atomic E-state index is 0.308. The lowest BCUT2D eigenvalue weighted by Gasteiger charge is -2.12. The Morgan fingerprint density at radius 2 is 1.41 bits per heavy atom. The molecular formula is C23H16F6N4O. The lowest BCUT2D eigenvalue weighted by atomic mass is 9.99. The van der Waals surface area contributed by atoms with E-state index in [4.69, 9.17) is 5.11 Å². The molecule has 0 fully saturated rings. The van der Waals surface area contributed by atoms with E-state index in [0.29, 0.717) is 27.9 Å². The molecule has 1 N–H and O–H groups in total. The van der Waals surface area contributed by atoms with Crippen molar-refractivity contribution in [2.45, 2.75) is 19.0 Å². The smallest absolute Gasteiger partial charge is 0.392 e. The highest BCUT2D eigenvalue weighted by Gasteiger charge is 2.31. The maximum atomic E-state index is 12.6. The second kappa shape index (κ2) is 10.4. The Balaban J connectivity index is 0.000000192. The van der Waals surface area contributed by atoms with E-state index >= 15 is 0 Å². The summed E-state index contributed by atoms with van der Waals surface area (Å²) in [6.45, 7) is -0.338. The number of nitrogens with zero attached hydrogens (tertiary/aromatic N) is 4. The minimum atomic E-state index is -4.41. The van der Waals surface area contributed by atoms with E-state index in [2.05, 4.69) is 20.4 Å². The molecule has 5 nitrogen and oxygen atoms in total. The Hall–Kier alpha value is -3.86. The summed E-state index contributed by atoms with van der Waals surface area (Å²) in [5, 5.41) is 23.7. The molecule has 0 saturated heterocycles. The zero-order valence-corrected chi connectivity index (χ0v) is 17.2. The molecule has 0 bridgehead atoms. The third-order valence-corrected chi connectivity index (χ3v) is 4.56. The first-order valence-corrected chi connectivity index (χ1v) is 9.63. The summed E-state index contributed by atoms with van der Waals surface area (Å²) in [4.78, 5) is 0. The number of hydrogen-bond donors (Lipinski definition) is 1. The molecule has 2 aromatic carbocycles. The summed E-state index contributed by atoms with van der Waals surface area (Å²) in [7, 11) is 0. The van der Waals surface area contributed by atoms with Crippen LogP contribution in [0.5, 0.6) is 0 Å². The fraction of sp³-hybridized carbons (Fsp3) is 0.130. The summed E-state index contributed by atoms with van der Waals surface area (Å²) < 4.78 is 75.2. The number of hydrogen-bond acceptors (Lipinski definition) is 5. The van der Waals surface area contributed by atoms with Gasteiger partial charge in [-0.05, 0) is 53.6 Å². The number of aliphatic hydroxyl groups excluding tert-OH is 1. The van der Waals surface area contributed by atoms with Crippen molar-refractivity contribution in [1.29, 1.82) is 0 Å². The van der Waals surface area contributed by atoms with Gasteiger partial charge in [-0.3, -0.25) is 0 Å². The standard InChI is InChI=1S/C12H9F3N2O.C11H7F3N2/c13-12(14,15)10-2-1-9(7-18)11(5-10)8-3-4-16-17-6-8;12-11(13,14)9-4-1-3-8(7-9)10-5-2-6-15-16-10/h1-6,18H,7H2;1-7H. The Labute approximate surface area is 189 Å². The lowest BCUT2D eigenvalue weighted by molar-refractivity contribution is -0.138. The molecule has 4 rings (SSSR count). The molecule has 0 saturated carbocycles. The van der Waals surface area contributed by atoms with E-state index in [-0.39, 0.29) is 6.61 Å². The van der Waals surface area contributed by atoms with Crippen molar-refractivity contribution in [3.63, 3.8) is 0 Å². The van der Waals surface area contributed by atoms with Crippen LogP contribution >= 0.6 is 0 Å². The monoisotopic (exact) mass is 478 g/mol. The van der Waals surface area contributed by atoms with E-state index in [1.165, 1.54) is 30.7 Å². The largest absolute Gasteiger partial charge is 0.416 e. The van der Waals surface area contributed by atoms with Crippen LogP contribution in [-0.4, -0.2) is 25.5 Å². The van der Waals surface area contributed by atoms with E-state index in [0.717, 1.165) is 24.3 Å². The van der Waals surface area contributed by atoms with Crippen LogP contribution in [0.1, 0.15) is 16.7 Å². The van der Waals surface area contributed by atoms with Crippen molar-refractivity contribution < 1.29 is 31.4 Å². The Bertz CT molecular complexity index is 1220. The molecule has 2 aromatic heterocycles. The number of benzene rings is 2. The van der Waals surface area contributed by atoms with Crippen molar-refractivity contribution in [2.75, 3.05) is 0 Å². The SMILES string of the molecule is FC(F)(F)c1cccc(-c2cccnn2)c1.OCc1ccc(C(F)(F)F)cc1-c1ccnnc1. The Morgan fingerprint density at radius 1 is 0.676 bits per heavy atom. The third kappa shape index (κ3) is 6.35. The van der Waals surface area contributed by atoms with Crippen LogP contribution in [-0.2, 0) is 19.0 Å². The van der Waals surface area contributed by atoms with Gasteiger partial charge in [0, 0.05) is 17.3 Å². The predicted octanol–water partition coefficient (Wildman–Crippen LogP) is 5.82. The highest BCUT2D eigenvalue weighted by Crippen LogP contribution is 2.34. The Kier molecular flexibility index (Phi) is 7.57. The van der Waals surface area contributed by atoms with Crippen LogP contribution in [0.2, 0.25) is 0 Å². The molecule has 0 aliphatic carbocycles. The summed E-state index contributed by atoms with van der Waals surface area (Å²) in [6, 6.07) is 13.0. The molecule has 0 amide bonds. The number of alkyl halides is 6. The van der Waals surface area contributed by atoms with Gasteiger partial charge in [0.1, 0.15) is 0 Å². The van der Waals surface area contributed by atoms with Crippen LogP contribution in [0.15, 0.2) is 79.3 Å². The molecule has 34 heavy (non-hydrogen) atoms. The maximum Gasteiger partial charge on any atom is 0.416 e. The molecule has 176 valence electrons. The molecule has 0 aliphatic heterocycles. The summed E-state index contributed by atoms with van der Waals surface area (Å²) in [6.07, 6.45) is -4.54. The van der Waals surface area contributed by atoms with Crippen molar-refractivity contribution in [1.82, 2.24) is 20.4 Å². The third-order valence-electron chi connectivity index (χ3n) is 4.56. The molecule has 0 spiro atoms. The zero-order valence-electron chi connectivity index (χ0n) is 17.2. The highest BCUT2D eigenvalue weighted by atomic mass is 19.4. The second-order valence-electron chi connectivity index (χ2n) is 6.85.